The molecule has 1 aromatic rings. The van der Waals surface area contributed by atoms with Crippen LogP contribution in [0.5, 0.6) is 5.75 Å². The third kappa shape index (κ3) is 3.78. The molecule has 1 aliphatic heterocycles. The molecule has 1 N–H and O–H groups in total. The molecule has 2 rings (SSSR count). The predicted molar refractivity (Wildman–Crippen MR) is 85.6 cm³/mol. The van der Waals surface area contributed by atoms with Crippen molar-refractivity contribution in [3.8, 4) is 5.75 Å². The summed E-state index contributed by atoms with van der Waals surface area (Å²) in [6.45, 7) is 3.42. The Kier molecular flexibility index (Phi) is 5.80. The standard InChI is InChI=1S/C15H24N2O4S/c1-12(20-2)11-22(18,19)17-9-8-16-10-14(17)13-6-4-5-7-15(13)21-3/h4-7,12,14,16H,8-11H2,1-3H3. The number of sulfonamides is 1. The number of hydrogen-bond donors (Lipinski definition) is 1. The zero-order chi connectivity index (χ0) is 16.2. The smallest absolute Gasteiger partial charge is 0.217 e. The molecule has 1 saturated heterocycles. The molecule has 1 fully saturated rings. The molecule has 1 aromatic carbocycles. The summed E-state index contributed by atoms with van der Waals surface area (Å²) in [4.78, 5) is 0. The van der Waals surface area contributed by atoms with Crippen molar-refractivity contribution in [1.82, 2.24) is 9.62 Å². The SMILES string of the molecule is COc1ccccc1C1CNCCN1S(=O)(=O)CC(C)OC. The van der Waals surface area contributed by atoms with E-state index in [4.69, 9.17) is 9.47 Å². The minimum Gasteiger partial charge on any atom is -0.496 e. The summed E-state index contributed by atoms with van der Waals surface area (Å²) in [5.74, 6) is 0.686. The highest BCUT2D eigenvalue weighted by molar-refractivity contribution is 7.89. The lowest BCUT2D eigenvalue weighted by atomic mass is 10.0. The monoisotopic (exact) mass is 328 g/mol. The Labute approximate surface area is 132 Å². The second-order valence-electron chi connectivity index (χ2n) is 5.40. The Morgan fingerprint density at radius 3 is 2.77 bits per heavy atom. The highest BCUT2D eigenvalue weighted by atomic mass is 32.2. The first-order valence-electron chi connectivity index (χ1n) is 7.35. The lowest BCUT2D eigenvalue weighted by Crippen LogP contribution is -2.50. The number of hydrogen-bond acceptors (Lipinski definition) is 5. The first-order chi connectivity index (χ1) is 10.5. The van der Waals surface area contributed by atoms with E-state index in [9.17, 15) is 8.42 Å². The van der Waals surface area contributed by atoms with E-state index in [1.165, 1.54) is 7.11 Å². The summed E-state index contributed by atoms with van der Waals surface area (Å²) in [7, 11) is -0.283. The Morgan fingerprint density at radius 1 is 1.36 bits per heavy atom. The largest absolute Gasteiger partial charge is 0.496 e. The number of benzene rings is 1. The zero-order valence-electron chi connectivity index (χ0n) is 13.3. The normalized spacial score (nSPS) is 21.5. The van der Waals surface area contributed by atoms with Crippen LogP contribution in [0.1, 0.15) is 18.5 Å². The van der Waals surface area contributed by atoms with Crippen LogP contribution < -0.4 is 10.1 Å². The van der Waals surface area contributed by atoms with Gasteiger partial charge < -0.3 is 14.8 Å². The summed E-state index contributed by atoms with van der Waals surface area (Å²) in [5, 5.41) is 3.26. The highest BCUT2D eigenvalue weighted by Crippen LogP contribution is 2.32. The number of rotatable bonds is 6. The van der Waals surface area contributed by atoms with Crippen LogP contribution >= 0.6 is 0 Å². The van der Waals surface area contributed by atoms with Gasteiger partial charge in [-0.3, -0.25) is 0 Å². The number of nitrogens with one attached hydrogen (secondary N) is 1. The first kappa shape index (κ1) is 17.2. The zero-order valence-corrected chi connectivity index (χ0v) is 14.1. The van der Waals surface area contributed by atoms with Crippen LogP contribution in [0.2, 0.25) is 0 Å². The average Bonchev–Trinajstić information content (AvgIpc) is 2.54. The summed E-state index contributed by atoms with van der Waals surface area (Å²) in [6.07, 6.45) is -0.335. The van der Waals surface area contributed by atoms with Gasteiger partial charge in [-0.1, -0.05) is 18.2 Å². The highest BCUT2D eigenvalue weighted by Gasteiger charge is 2.35. The van der Waals surface area contributed by atoms with E-state index in [1.54, 1.807) is 18.3 Å². The van der Waals surface area contributed by atoms with Gasteiger partial charge in [0.2, 0.25) is 10.0 Å². The van der Waals surface area contributed by atoms with Gasteiger partial charge in [0.1, 0.15) is 5.75 Å². The molecule has 124 valence electrons. The van der Waals surface area contributed by atoms with Gasteiger partial charge in [0.25, 0.3) is 0 Å². The Balaban J connectivity index is 2.32. The molecule has 0 bridgehead atoms. The van der Waals surface area contributed by atoms with E-state index in [2.05, 4.69) is 5.32 Å². The molecule has 0 saturated carbocycles. The van der Waals surface area contributed by atoms with Crippen LogP contribution in [-0.2, 0) is 14.8 Å². The molecule has 0 amide bonds. The third-order valence-corrected chi connectivity index (χ3v) is 5.94. The summed E-state index contributed by atoms with van der Waals surface area (Å²) < 4.78 is 37.5. The van der Waals surface area contributed by atoms with E-state index in [-0.39, 0.29) is 17.9 Å². The van der Waals surface area contributed by atoms with Gasteiger partial charge in [-0.2, -0.15) is 4.31 Å². The van der Waals surface area contributed by atoms with E-state index < -0.39 is 10.0 Å². The van der Waals surface area contributed by atoms with E-state index in [0.717, 1.165) is 5.56 Å². The molecule has 0 aliphatic carbocycles. The van der Waals surface area contributed by atoms with Crippen molar-refractivity contribution < 1.29 is 17.9 Å². The molecule has 1 aliphatic rings. The van der Waals surface area contributed by atoms with Crippen molar-refractivity contribution in [2.75, 3.05) is 39.6 Å². The molecule has 0 radical (unpaired) electrons. The Morgan fingerprint density at radius 2 is 2.09 bits per heavy atom. The number of nitrogens with zero attached hydrogens (tertiary/aromatic N) is 1. The number of ether oxygens (including phenoxy) is 2. The third-order valence-electron chi connectivity index (χ3n) is 3.90. The fraction of sp³-hybridized carbons (Fsp3) is 0.600. The second-order valence-corrected chi connectivity index (χ2v) is 7.36. The van der Waals surface area contributed by atoms with Crippen LogP contribution in [0, 0.1) is 0 Å². The molecular formula is C15H24N2O4S. The van der Waals surface area contributed by atoms with Crippen molar-refractivity contribution in [2.45, 2.75) is 19.1 Å². The maximum atomic E-state index is 12.7. The first-order valence-corrected chi connectivity index (χ1v) is 8.96. The minimum absolute atomic E-state index is 0.0187. The molecule has 1 heterocycles. The average molecular weight is 328 g/mol. The number of para-hydroxylation sites is 1. The fourth-order valence-corrected chi connectivity index (χ4v) is 4.55. The lowest BCUT2D eigenvalue weighted by Gasteiger charge is -2.36. The van der Waals surface area contributed by atoms with Gasteiger partial charge >= 0.3 is 0 Å². The Hall–Kier alpha value is -1.15. The summed E-state index contributed by atoms with van der Waals surface area (Å²) in [6, 6.07) is 7.28. The molecule has 6 nitrogen and oxygen atoms in total. The van der Waals surface area contributed by atoms with Gasteiger partial charge in [-0.25, -0.2) is 8.42 Å². The van der Waals surface area contributed by atoms with E-state index in [1.807, 2.05) is 24.3 Å². The van der Waals surface area contributed by atoms with E-state index >= 15 is 0 Å². The van der Waals surface area contributed by atoms with Crippen molar-refractivity contribution >= 4 is 10.0 Å². The second kappa shape index (κ2) is 7.41. The van der Waals surface area contributed by atoms with Crippen molar-refractivity contribution in [1.29, 1.82) is 0 Å². The number of methoxy groups -OCH3 is 2. The van der Waals surface area contributed by atoms with Crippen LogP contribution in [0.25, 0.3) is 0 Å². The van der Waals surface area contributed by atoms with Gasteiger partial charge in [0.15, 0.2) is 0 Å². The molecule has 2 unspecified atom stereocenters. The van der Waals surface area contributed by atoms with Crippen LogP contribution in [0.4, 0.5) is 0 Å². The minimum atomic E-state index is -3.40. The maximum absolute atomic E-state index is 12.7. The quantitative estimate of drug-likeness (QED) is 0.844. The Bertz CT molecular complexity index is 591. The van der Waals surface area contributed by atoms with Gasteiger partial charge in [0, 0.05) is 32.3 Å². The molecule has 0 spiro atoms. The maximum Gasteiger partial charge on any atom is 0.217 e. The van der Waals surface area contributed by atoms with Crippen LogP contribution in [0.3, 0.4) is 0 Å². The molecule has 7 heteroatoms. The topological polar surface area (TPSA) is 67.9 Å². The van der Waals surface area contributed by atoms with Gasteiger partial charge in [0.05, 0.1) is 25.0 Å². The fourth-order valence-electron chi connectivity index (χ4n) is 2.69. The van der Waals surface area contributed by atoms with Crippen LogP contribution in [0.15, 0.2) is 24.3 Å². The van der Waals surface area contributed by atoms with Gasteiger partial charge in [-0.15, -0.1) is 0 Å². The van der Waals surface area contributed by atoms with Crippen molar-refractivity contribution in [3.63, 3.8) is 0 Å². The van der Waals surface area contributed by atoms with Crippen LogP contribution in [-0.4, -0.2) is 58.4 Å². The molecular weight excluding hydrogens is 304 g/mol. The van der Waals surface area contributed by atoms with Gasteiger partial charge in [-0.05, 0) is 13.0 Å². The lowest BCUT2D eigenvalue weighted by molar-refractivity contribution is 0.134. The summed E-state index contributed by atoms with van der Waals surface area (Å²) in [5.41, 5.74) is 0.880. The summed E-state index contributed by atoms with van der Waals surface area (Å²) >= 11 is 0. The number of piperazine rings is 1. The predicted octanol–water partition coefficient (Wildman–Crippen LogP) is 1.01. The molecule has 22 heavy (non-hydrogen) atoms. The van der Waals surface area contributed by atoms with Crippen molar-refractivity contribution in [3.05, 3.63) is 29.8 Å². The van der Waals surface area contributed by atoms with Crippen molar-refractivity contribution in [2.24, 2.45) is 0 Å². The molecule has 0 aromatic heterocycles. The molecule has 2 atom stereocenters. The van der Waals surface area contributed by atoms with E-state index in [0.29, 0.717) is 25.4 Å².